The highest BCUT2D eigenvalue weighted by Gasteiger charge is 2.11. The number of ketones is 1. The molecule has 2 rings (SSSR count). The van der Waals surface area contributed by atoms with Gasteiger partial charge in [-0.25, -0.2) is 4.79 Å². The van der Waals surface area contributed by atoms with Crippen molar-refractivity contribution in [3.63, 3.8) is 0 Å². The summed E-state index contributed by atoms with van der Waals surface area (Å²) < 4.78 is 5.25. The van der Waals surface area contributed by atoms with Crippen LogP contribution in [0.3, 0.4) is 0 Å². The smallest absolute Gasteiger partial charge is 0.347 e. The lowest BCUT2D eigenvalue weighted by Crippen LogP contribution is -2.23. The van der Waals surface area contributed by atoms with E-state index < -0.39 is 5.63 Å². The topological polar surface area (TPSA) is 50.5 Å². The summed E-state index contributed by atoms with van der Waals surface area (Å²) in [4.78, 5) is 25.2. The van der Waals surface area contributed by atoms with Crippen molar-refractivity contribution in [1.29, 1.82) is 0 Å². The molecule has 21 heavy (non-hydrogen) atoms. The molecule has 0 fully saturated rings. The van der Waals surface area contributed by atoms with Gasteiger partial charge in [-0.05, 0) is 25.1 Å². The predicted molar refractivity (Wildman–Crippen MR) is 85.1 cm³/mol. The first kappa shape index (κ1) is 14.8. The monoisotopic (exact) mass is 283 g/mol. The van der Waals surface area contributed by atoms with Gasteiger partial charge in [0.2, 0.25) is 0 Å². The van der Waals surface area contributed by atoms with Crippen molar-refractivity contribution in [1.82, 2.24) is 0 Å². The van der Waals surface area contributed by atoms with E-state index in [2.05, 4.69) is 13.2 Å². The Balaban J connectivity index is 2.53. The Labute approximate surface area is 123 Å². The maximum atomic E-state index is 11.8. The van der Waals surface area contributed by atoms with Crippen LogP contribution in [0.5, 0.6) is 0 Å². The van der Waals surface area contributed by atoms with Crippen molar-refractivity contribution in [3.05, 3.63) is 65.6 Å². The minimum Gasteiger partial charge on any atom is -0.422 e. The minimum atomic E-state index is -0.605. The zero-order valence-corrected chi connectivity index (χ0v) is 12.0. The second-order valence-electron chi connectivity index (χ2n) is 4.71. The molecule has 1 aromatic heterocycles. The quantitative estimate of drug-likeness (QED) is 0.464. The normalized spacial score (nSPS) is 10.3. The van der Waals surface area contributed by atoms with Gasteiger partial charge in [-0.2, -0.15) is 0 Å². The SMILES string of the molecule is C=CCN(CC=C)c1ccc2cc(C(C)=O)c(=O)oc2c1. The van der Waals surface area contributed by atoms with Gasteiger partial charge in [0.05, 0.1) is 0 Å². The Bertz CT molecular complexity index is 748. The molecule has 0 spiro atoms. The van der Waals surface area contributed by atoms with E-state index in [0.717, 1.165) is 11.1 Å². The van der Waals surface area contributed by atoms with E-state index in [1.807, 2.05) is 17.0 Å². The number of hydrogen-bond donors (Lipinski definition) is 0. The predicted octanol–water partition coefficient (Wildman–Crippen LogP) is 3.17. The molecular weight excluding hydrogens is 266 g/mol. The summed E-state index contributed by atoms with van der Waals surface area (Å²) in [5.74, 6) is -0.297. The molecule has 1 heterocycles. The third kappa shape index (κ3) is 3.11. The maximum absolute atomic E-state index is 11.8. The average molecular weight is 283 g/mol. The maximum Gasteiger partial charge on any atom is 0.347 e. The fourth-order valence-electron chi connectivity index (χ4n) is 2.14. The first-order valence-corrected chi connectivity index (χ1v) is 6.62. The summed E-state index contributed by atoms with van der Waals surface area (Å²) in [5, 5.41) is 0.723. The van der Waals surface area contributed by atoms with Crippen molar-refractivity contribution in [3.8, 4) is 0 Å². The van der Waals surface area contributed by atoms with E-state index in [4.69, 9.17) is 4.42 Å². The van der Waals surface area contributed by atoms with Gasteiger partial charge < -0.3 is 9.32 Å². The average Bonchev–Trinajstić information content (AvgIpc) is 2.45. The molecule has 2 aromatic rings. The highest BCUT2D eigenvalue weighted by molar-refractivity contribution is 5.96. The van der Waals surface area contributed by atoms with Crippen LogP contribution in [0, 0.1) is 0 Å². The van der Waals surface area contributed by atoms with Crippen LogP contribution in [-0.2, 0) is 0 Å². The van der Waals surface area contributed by atoms with E-state index in [1.165, 1.54) is 6.92 Å². The standard InChI is InChI=1S/C17H17NO3/c1-4-8-18(9-5-2)14-7-6-13-10-15(12(3)19)17(20)21-16(13)11-14/h4-7,10-11H,1-2,8-9H2,3H3. The number of nitrogens with zero attached hydrogens (tertiary/aromatic N) is 1. The van der Waals surface area contributed by atoms with Gasteiger partial charge >= 0.3 is 5.63 Å². The van der Waals surface area contributed by atoms with Crippen LogP contribution in [0.15, 0.2) is 58.8 Å². The Morgan fingerprint density at radius 2 is 1.90 bits per heavy atom. The minimum absolute atomic E-state index is 0.0734. The summed E-state index contributed by atoms with van der Waals surface area (Å²) in [5.41, 5.74) is 0.831. The van der Waals surface area contributed by atoms with Crippen LogP contribution < -0.4 is 10.5 Å². The second-order valence-corrected chi connectivity index (χ2v) is 4.71. The highest BCUT2D eigenvalue weighted by Crippen LogP contribution is 2.22. The number of benzene rings is 1. The van der Waals surface area contributed by atoms with Crippen molar-refractivity contribution in [2.45, 2.75) is 6.92 Å². The number of carbonyl (C=O) groups excluding carboxylic acids is 1. The number of carbonyl (C=O) groups is 1. The largest absolute Gasteiger partial charge is 0.422 e. The van der Waals surface area contributed by atoms with E-state index in [1.54, 1.807) is 24.3 Å². The fourth-order valence-corrected chi connectivity index (χ4v) is 2.14. The molecule has 0 atom stereocenters. The molecule has 0 aliphatic rings. The molecule has 0 radical (unpaired) electrons. The molecule has 4 heteroatoms. The van der Waals surface area contributed by atoms with Crippen LogP contribution in [0.4, 0.5) is 5.69 Å². The lowest BCUT2D eigenvalue weighted by molar-refractivity contribution is 0.101. The molecule has 108 valence electrons. The number of Topliss-reactive ketones (excluding diaryl/α,β-unsaturated/α-hetero) is 1. The summed E-state index contributed by atoms with van der Waals surface area (Å²) in [6, 6.07) is 7.10. The summed E-state index contributed by atoms with van der Waals surface area (Å²) in [7, 11) is 0. The van der Waals surface area contributed by atoms with Crippen LogP contribution in [0.2, 0.25) is 0 Å². The number of anilines is 1. The molecule has 0 saturated heterocycles. The Hall–Kier alpha value is -2.62. The Kier molecular flexibility index (Phi) is 4.38. The fraction of sp³-hybridized carbons (Fsp3) is 0.176. The van der Waals surface area contributed by atoms with E-state index in [0.29, 0.717) is 18.7 Å². The van der Waals surface area contributed by atoms with E-state index in [-0.39, 0.29) is 11.3 Å². The second kappa shape index (κ2) is 6.22. The van der Waals surface area contributed by atoms with Crippen LogP contribution in [0.25, 0.3) is 11.0 Å². The van der Waals surface area contributed by atoms with Crippen molar-refractivity contribution >= 4 is 22.4 Å². The highest BCUT2D eigenvalue weighted by atomic mass is 16.4. The summed E-state index contributed by atoms with van der Waals surface area (Å²) >= 11 is 0. The van der Waals surface area contributed by atoms with Gasteiger partial charge in [0, 0.05) is 30.2 Å². The van der Waals surface area contributed by atoms with Gasteiger partial charge in [0.25, 0.3) is 0 Å². The van der Waals surface area contributed by atoms with Gasteiger partial charge in [-0.15, -0.1) is 13.2 Å². The molecule has 4 nitrogen and oxygen atoms in total. The van der Waals surface area contributed by atoms with Crippen LogP contribution in [0.1, 0.15) is 17.3 Å². The zero-order chi connectivity index (χ0) is 15.4. The molecule has 0 amide bonds. The number of rotatable bonds is 6. The molecule has 0 saturated carbocycles. The Morgan fingerprint density at radius 1 is 1.24 bits per heavy atom. The number of fused-ring (bicyclic) bond motifs is 1. The van der Waals surface area contributed by atoms with Gasteiger partial charge in [0.1, 0.15) is 11.1 Å². The third-order valence-electron chi connectivity index (χ3n) is 3.16. The van der Waals surface area contributed by atoms with Crippen LogP contribution >= 0.6 is 0 Å². The van der Waals surface area contributed by atoms with Crippen molar-refractivity contribution in [2.75, 3.05) is 18.0 Å². The Morgan fingerprint density at radius 3 is 2.48 bits per heavy atom. The first-order valence-electron chi connectivity index (χ1n) is 6.62. The van der Waals surface area contributed by atoms with Gasteiger partial charge in [-0.1, -0.05) is 12.2 Å². The lowest BCUT2D eigenvalue weighted by Gasteiger charge is -2.21. The third-order valence-corrected chi connectivity index (χ3v) is 3.16. The zero-order valence-electron chi connectivity index (χ0n) is 12.0. The van der Waals surface area contributed by atoms with E-state index in [9.17, 15) is 9.59 Å². The number of hydrogen-bond acceptors (Lipinski definition) is 4. The first-order chi connectivity index (χ1) is 10.1. The molecule has 0 aliphatic carbocycles. The molecule has 0 aliphatic heterocycles. The molecule has 1 aromatic carbocycles. The summed E-state index contributed by atoms with van der Waals surface area (Å²) in [6.07, 6.45) is 3.59. The molecule has 0 unspecified atom stereocenters. The van der Waals surface area contributed by atoms with Crippen LogP contribution in [-0.4, -0.2) is 18.9 Å². The van der Waals surface area contributed by atoms with Gasteiger partial charge in [0.15, 0.2) is 5.78 Å². The molecule has 0 bridgehead atoms. The van der Waals surface area contributed by atoms with Crippen molar-refractivity contribution in [2.24, 2.45) is 0 Å². The lowest BCUT2D eigenvalue weighted by atomic mass is 10.1. The van der Waals surface area contributed by atoms with Crippen molar-refractivity contribution < 1.29 is 9.21 Å². The summed E-state index contributed by atoms with van der Waals surface area (Å²) in [6.45, 7) is 10.1. The molecular formula is C17H17NO3. The molecule has 0 N–H and O–H groups in total. The van der Waals surface area contributed by atoms with E-state index >= 15 is 0 Å². The van der Waals surface area contributed by atoms with Gasteiger partial charge in [-0.3, -0.25) is 4.79 Å².